The Kier molecular flexibility index (Phi) is 4.96. The highest BCUT2D eigenvalue weighted by molar-refractivity contribution is 6.24. The summed E-state index contributed by atoms with van der Waals surface area (Å²) in [5, 5.41) is 7.85. The van der Waals surface area contributed by atoms with Crippen LogP contribution in [0.3, 0.4) is 0 Å². The number of halogens is 3. The quantitative estimate of drug-likeness (QED) is 0.727. The molecule has 1 N–H and O–H groups in total. The van der Waals surface area contributed by atoms with Gasteiger partial charge in [-0.15, -0.1) is 0 Å². The number of H-pyrrole nitrogens is 1. The smallest absolute Gasteiger partial charge is 0.278 e. The van der Waals surface area contributed by atoms with E-state index in [1.54, 1.807) is 13.1 Å². The topological polar surface area (TPSA) is 41.0 Å². The summed E-state index contributed by atoms with van der Waals surface area (Å²) in [4.78, 5) is 3.71. The molecule has 0 amide bonds. The molecule has 0 atom stereocenters. The van der Waals surface area contributed by atoms with Gasteiger partial charge in [0.2, 0.25) is 0 Å². The van der Waals surface area contributed by atoms with Crippen LogP contribution in [0.4, 0.5) is 13.2 Å². The fraction of sp³-hybridized carbons (Fsp3) is 0.333. The van der Waals surface area contributed by atoms with Gasteiger partial charge in [-0.2, -0.15) is 18.3 Å². The number of aromatic nitrogens is 2. The molecule has 2 rings (SSSR count). The predicted molar refractivity (Wildman–Crippen MR) is 92.0 cm³/mol. The minimum absolute atomic E-state index is 0.305. The zero-order valence-corrected chi connectivity index (χ0v) is 14.2. The number of aliphatic imine (C=N–C) groups is 1. The van der Waals surface area contributed by atoms with Crippen molar-refractivity contribution in [3.05, 3.63) is 47.3 Å². The molecule has 1 heterocycles. The van der Waals surface area contributed by atoms with E-state index in [-0.39, 0.29) is 0 Å². The van der Waals surface area contributed by atoms with Crippen LogP contribution < -0.4 is 0 Å². The van der Waals surface area contributed by atoms with Crippen molar-refractivity contribution in [2.45, 2.75) is 40.3 Å². The van der Waals surface area contributed by atoms with E-state index in [0.717, 1.165) is 27.6 Å². The molecule has 128 valence electrons. The molecule has 24 heavy (non-hydrogen) atoms. The molecule has 6 heteroatoms. The van der Waals surface area contributed by atoms with E-state index in [1.165, 1.54) is 0 Å². The number of hydrogen-bond donors (Lipinski definition) is 1. The van der Waals surface area contributed by atoms with Crippen LogP contribution in [0.5, 0.6) is 0 Å². The number of aryl methyl sites for hydroxylation is 1. The number of aromatic amines is 1. The van der Waals surface area contributed by atoms with Crippen molar-refractivity contribution in [3.63, 3.8) is 0 Å². The number of fused-ring (bicyclic) bond motifs is 1. The minimum Gasteiger partial charge on any atom is -0.278 e. The van der Waals surface area contributed by atoms with Gasteiger partial charge in [-0.25, -0.2) is 4.99 Å². The lowest BCUT2D eigenvalue weighted by atomic mass is 9.93. The van der Waals surface area contributed by atoms with Gasteiger partial charge in [0.15, 0.2) is 0 Å². The summed E-state index contributed by atoms with van der Waals surface area (Å²) in [5.41, 5.74) is 3.62. The monoisotopic (exact) mass is 335 g/mol. The van der Waals surface area contributed by atoms with Crippen molar-refractivity contribution in [3.8, 4) is 0 Å². The third-order valence-electron chi connectivity index (χ3n) is 3.98. The predicted octanol–water partition coefficient (Wildman–Crippen LogP) is 5.59. The van der Waals surface area contributed by atoms with Crippen LogP contribution in [0, 0.1) is 6.92 Å². The first-order chi connectivity index (χ1) is 11.1. The summed E-state index contributed by atoms with van der Waals surface area (Å²) in [6.07, 6.45) is -2.12. The largest absolute Gasteiger partial charge is 0.432 e. The molecule has 1 aromatic heterocycles. The van der Waals surface area contributed by atoms with E-state index in [2.05, 4.69) is 21.8 Å². The summed E-state index contributed by atoms with van der Waals surface area (Å²) in [6.45, 7) is 10.4. The lowest BCUT2D eigenvalue weighted by Gasteiger charge is -2.15. The first kappa shape index (κ1) is 18.0. The third-order valence-corrected chi connectivity index (χ3v) is 3.98. The van der Waals surface area contributed by atoms with Gasteiger partial charge < -0.3 is 0 Å². The fourth-order valence-corrected chi connectivity index (χ4v) is 2.64. The average Bonchev–Trinajstić information content (AvgIpc) is 2.95. The van der Waals surface area contributed by atoms with Crippen LogP contribution in [0.25, 0.3) is 16.5 Å². The Morgan fingerprint density at radius 1 is 1.29 bits per heavy atom. The molecule has 2 aromatic rings. The van der Waals surface area contributed by atoms with Gasteiger partial charge >= 0.3 is 6.18 Å². The molecule has 0 spiro atoms. The molecule has 0 aliphatic carbocycles. The van der Waals surface area contributed by atoms with Crippen LogP contribution in [-0.2, 0) is 0 Å². The molecule has 0 bridgehead atoms. The Labute approximate surface area is 139 Å². The SMILES string of the molecule is C=C(N=C(C)/C(=C(\C)CC)c1cc(C)c2[nH]ncc2c1)C(F)(F)F. The van der Waals surface area contributed by atoms with E-state index in [4.69, 9.17) is 0 Å². The number of nitrogens with zero attached hydrogens (tertiary/aromatic N) is 2. The lowest BCUT2D eigenvalue weighted by molar-refractivity contribution is -0.0919. The Morgan fingerprint density at radius 3 is 2.54 bits per heavy atom. The highest BCUT2D eigenvalue weighted by atomic mass is 19.4. The number of benzene rings is 1. The van der Waals surface area contributed by atoms with Gasteiger partial charge in [-0.3, -0.25) is 5.10 Å². The fourth-order valence-electron chi connectivity index (χ4n) is 2.64. The van der Waals surface area contributed by atoms with E-state index in [9.17, 15) is 13.2 Å². The van der Waals surface area contributed by atoms with Crippen molar-refractivity contribution in [2.75, 3.05) is 0 Å². The van der Waals surface area contributed by atoms with Crippen LogP contribution in [0.15, 0.2) is 41.2 Å². The maximum Gasteiger partial charge on any atom is 0.432 e. The van der Waals surface area contributed by atoms with E-state index >= 15 is 0 Å². The van der Waals surface area contributed by atoms with Crippen molar-refractivity contribution in [1.82, 2.24) is 10.2 Å². The van der Waals surface area contributed by atoms with Crippen molar-refractivity contribution < 1.29 is 13.2 Å². The Bertz CT molecular complexity index is 839. The second-order valence-electron chi connectivity index (χ2n) is 5.78. The number of rotatable bonds is 4. The maximum absolute atomic E-state index is 12.8. The Morgan fingerprint density at radius 2 is 1.96 bits per heavy atom. The Balaban J connectivity index is 2.61. The van der Waals surface area contributed by atoms with Crippen LogP contribution in [0.1, 0.15) is 38.3 Å². The van der Waals surface area contributed by atoms with Gasteiger partial charge in [-0.05, 0) is 50.5 Å². The van der Waals surface area contributed by atoms with Crippen LogP contribution in [0.2, 0.25) is 0 Å². The second-order valence-corrected chi connectivity index (χ2v) is 5.78. The molecule has 0 radical (unpaired) electrons. The number of allylic oxidation sites excluding steroid dienone is 3. The zero-order chi connectivity index (χ0) is 18.1. The van der Waals surface area contributed by atoms with Crippen molar-refractivity contribution in [2.24, 2.45) is 4.99 Å². The highest BCUT2D eigenvalue weighted by Gasteiger charge is 2.32. The zero-order valence-electron chi connectivity index (χ0n) is 14.2. The molecule has 0 unspecified atom stereocenters. The first-order valence-electron chi connectivity index (χ1n) is 7.60. The van der Waals surface area contributed by atoms with E-state index in [1.807, 2.05) is 32.9 Å². The summed E-state index contributed by atoms with van der Waals surface area (Å²) in [5.74, 6) is 0. The third kappa shape index (κ3) is 3.58. The maximum atomic E-state index is 12.8. The van der Waals surface area contributed by atoms with Gasteiger partial charge in [-0.1, -0.05) is 19.1 Å². The second kappa shape index (κ2) is 6.63. The summed E-state index contributed by atoms with van der Waals surface area (Å²) in [7, 11) is 0. The number of nitrogens with one attached hydrogen (secondary N) is 1. The minimum atomic E-state index is -4.53. The van der Waals surface area contributed by atoms with Gasteiger partial charge in [0.05, 0.1) is 11.7 Å². The molecule has 0 fully saturated rings. The standard InChI is InChI=1S/C18H20F3N3/c1-6-10(2)16(12(4)23-13(5)18(19,20)21)14-7-11(3)17-15(8-14)9-22-24-17/h7-9H,5-6H2,1-4H3,(H,22,24)/b16-10-,23-12?. The Hall–Kier alpha value is -2.37. The molecule has 0 aliphatic heterocycles. The number of alkyl halides is 3. The highest BCUT2D eigenvalue weighted by Crippen LogP contribution is 2.30. The van der Waals surface area contributed by atoms with Crippen molar-refractivity contribution >= 4 is 22.2 Å². The molecular formula is C18H20F3N3. The first-order valence-corrected chi connectivity index (χ1v) is 7.60. The van der Waals surface area contributed by atoms with E-state index in [0.29, 0.717) is 17.7 Å². The molecule has 0 saturated heterocycles. The summed E-state index contributed by atoms with van der Waals surface area (Å²) >= 11 is 0. The average molecular weight is 335 g/mol. The van der Waals surface area contributed by atoms with Gasteiger partial charge in [0.25, 0.3) is 0 Å². The number of hydrogen-bond acceptors (Lipinski definition) is 2. The van der Waals surface area contributed by atoms with Gasteiger partial charge in [0, 0.05) is 16.7 Å². The van der Waals surface area contributed by atoms with Crippen LogP contribution >= 0.6 is 0 Å². The molecular weight excluding hydrogens is 315 g/mol. The molecule has 1 aromatic carbocycles. The normalized spacial score (nSPS) is 14.0. The van der Waals surface area contributed by atoms with Gasteiger partial charge in [0.1, 0.15) is 5.70 Å². The lowest BCUT2D eigenvalue weighted by Crippen LogP contribution is -2.11. The summed E-state index contributed by atoms with van der Waals surface area (Å²) < 4.78 is 38.3. The molecule has 0 aliphatic rings. The van der Waals surface area contributed by atoms with E-state index < -0.39 is 11.9 Å². The van der Waals surface area contributed by atoms with Crippen molar-refractivity contribution in [1.29, 1.82) is 0 Å². The molecule has 3 nitrogen and oxygen atoms in total. The molecule has 0 saturated carbocycles. The van der Waals surface area contributed by atoms with Crippen LogP contribution in [-0.4, -0.2) is 22.1 Å². The summed E-state index contributed by atoms with van der Waals surface area (Å²) in [6, 6.07) is 3.85.